The van der Waals surface area contributed by atoms with E-state index < -0.39 is 12.1 Å². The van der Waals surface area contributed by atoms with Gasteiger partial charge in [-0.25, -0.2) is 0 Å². The molecule has 0 aliphatic carbocycles. The molecule has 2 rings (SSSR count). The summed E-state index contributed by atoms with van der Waals surface area (Å²) >= 11 is 0. The summed E-state index contributed by atoms with van der Waals surface area (Å²) in [5, 5.41) is 2.86. The molecule has 0 saturated carbocycles. The third kappa shape index (κ3) is 5.33. The first-order chi connectivity index (χ1) is 12.7. The van der Waals surface area contributed by atoms with E-state index in [0.29, 0.717) is 0 Å². The molecule has 1 atom stereocenters. The third-order valence-corrected chi connectivity index (χ3v) is 4.42. The quantitative estimate of drug-likeness (QED) is 0.781. The summed E-state index contributed by atoms with van der Waals surface area (Å²) in [5.41, 5.74) is 5.62. The van der Waals surface area contributed by atoms with E-state index in [1.165, 1.54) is 0 Å². The lowest BCUT2D eigenvalue weighted by Gasteiger charge is -2.17. The number of nitrogens with one attached hydrogen (secondary N) is 1. The van der Waals surface area contributed by atoms with Gasteiger partial charge in [-0.3, -0.25) is 9.59 Å². The monoisotopic (exact) mass is 369 g/mol. The zero-order valence-corrected chi connectivity index (χ0v) is 16.8. The average Bonchev–Trinajstić information content (AvgIpc) is 2.59. The Kier molecular flexibility index (Phi) is 6.61. The second-order valence-electron chi connectivity index (χ2n) is 6.88. The molecule has 0 bridgehead atoms. The number of amides is 1. The van der Waals surface area contributed by atoms with Gasteiger partial charge in [0, 0.05) is 5.69 Å². The number of carbonyl (C=O) groups excluding carboxylic acids is 2. The zero-order chi connectivity index (χ0) is 20.1. The van der Waals surface area contributed by atoms with Crippen LogP contribution in [0.1, 0.15) is 34.7 Å². The third-order valence-electron chi connectivity index (χ3n) is 4.42. The fourth-order valence-electron chi connectivity index (χ4n) is 3.04. The molecule has 0 heterocycles. The molecule has 2 aromatic carbocycles. The van der Waals surface area contributed by atoms with Gasteiger partial charge < -0.3 is 14.8 Å². The summed E-state index contributed by atoms with van der Waals surface area (Å²) in [5.74, 6) is -0.0859. The van der Waals surface area contributed by atoms with Crippen molar-refractivity contribution in [1.82, 2.24) is 0 Å². The minimum absolute atomic E-state index is 0.0802. The van der Waals surface area contributed by atoms with Gasteiger partial charge in [0.1, 0.15) is 5.75 Å². The van der Waals surface area contributed by atoms with Crippen molar-refractivity contribution in [2.24, 2.45) is 0 Å². The lowest BCUT2D eigenvalue weighted by Crippen LogP contribution is -2.31. The van der Waals surface area contributed by atoms with Crippen molar-refractivity contribution in [1.29, 1.82) is 0 Å². The van der Waals surface area contributed by atoms with E-state index in [1.54, 1.807) is 20.1 Å². The van der Waals surface area contributed by atoms with Gasteiger partial charge in [-0.1, -0.05) is 29.8 Å². The lowest BCUT2D eigenvalue weighted by molar-refractivity contribution is -0.152. The minimum Gasteiger partial charge on any atom is -0.496 e. The van der Waals surface area contributed by atoms with Crippen LogP contribution in [0.4, 0.5) is 5.69 Å². The fraction of sp³-hybridized carbons (Fsp3) is 0.364. The Bertz CT molecular complexity index is 834. The summed E-state index contributed by atoms with van der Waals surface area (Å²) in [4.78, 5) is 24.6. The molecule has 5 nitrogen and oxygen atoms in total. The maximum Gasteiger partial charge on any atom is 0.311 e. The normalized spacial score (nSPS) is 11.6. The highest BCUT2D eigenvalue weighted by Gasteiger charge is 2.20. The molecule has 0 aliphatic rings. The molecular weight excluding hydrogens is 342 g/mol. The van der Waals surface area contributed by atoms with Crippen molar-refractivity contribution in [3.63, 3.8) is 0 Å². The fourth-order valence-corrected chi connectivity index (χ4v) is 3.04. The number of esters is 1. The molecule has 2 aromatic rings. The summed E-state index contributed by atoms with van der Waals surface area (Å²) < 4.78 is 10.6. The van der Waals surface area contributed by atoms with E-state index in [2.05, 4.69) is 5.32 Å². The molecule has 5 heteroatoms. The van der Waals surface area contributed by atoms with Crippen LogP contribution in [0.5, 0.6) is 5.75 Å². The molecule has 144 valence electrons. The summed E-state index contributed by atoms with van der Waals surface area (Å²) in [6.07, 6.45) is -0.804. The molecule has 0 spiro atoms. The largest absolute Gasteiger partial charge is 0.496 e. The van der Waals surface area contributed by atoms with E-state index in [1.807, 2.05) is 52.0 Å². The second kappa shape index (κ2) is 8.71. The number of carbonyl (C=O) groups is 2. The van der Waals surface area contributed by atoms with Crippen LogP contribution in [0.25, 0.3) is 0 Å². The predicted molar refractivity (Wildman–Crippen MR) is 106 cm³/mol. The van der Waals surface area contributed by atoms with Crippen molar-refractivity contribution in [2.75, 3.05) is 12.4 Å². The van der Waals surface area contributed by atoms with Crippen LogP contribution in [-0.4, -0.2) is 25.1 Å². The van der Waals surface area contributed by atoms with Crippen molar-refractivity contribution in [3.8, 4) is 5.75 Å². The van der Waals surface area contributed by atoms with E-state index in [9.17, 15) is 9.59 Å². The number of hydrogen-bond donors (Lipinski definition) is 1. The smallest absolute Gasteiger partial charge is 0.311 e. The first-order valence-corrected chi connectivity index (χ1v) is 8.93. The number of anilines is 1. The molecule has 0 radical (unpaired) electrons. The highest BCUT2D eigenvalue weighted by Crippen LogP contribution is 2.22. The maximum atomic E-state index is 12.4. The Hall–Kier alpha value is -2.82. The molecule has 1 amide bonds. The molecule has 27 heavy (non-hydrogen) atoms. The molecule has 0 fully saturated rings. The van der Waals surface area contributed by atoms with Crippen LogP contribution in [0.2, 0.25) is 0 Å². The number of methoxy groups -OCH3 is 1. The van der Waals surface area contributed by atoms with Gasteiger partial charge >= 0.3 is 5.97 Å². The molecule has 0 aliphatic heterocycles. The number of ether oxygens (including phenoxy) is 2. The van der Waals surface area contributed by atoms with Gasteiger partial charge in [-0.05, 0) is 62.9 Å². The molecule has 0 saturated heterocycles. The number of hydrogen-bond acceptors (Lipinski definition) is 4. The first-order valence-electron chi connectivity index (χ1n) is 8.93. The van der Waals surface area contributed by atoms with E-state index in [0.717, 1.165) is 39.3 Å². The number of aryl methyl sites for hydroxylation is 4. The van der Waals surface area contributed by atoms with Crippen molar-refractivity contribution >= 4 is 17.6 Å². The van der Waals surface area contributed by atoms with Crippen LogP contribution >= 0.6 is 0 Å². The molecule has 1 N–H and O–H groups in total. The van der Waals surface area contributed by atoms with Crippen molar-refractivity contribution in [3.05, 3.63) is 58.1 Å². The van der Waals surface area contributed by atoms with Gasteiger partial charge in [-0.2, -0.15) is 0 Å². The molecule has 1 unspecified atom stereocenters. The van der Waals surface area contributed by atoms with Gasteiger partial charge in [0.15, 0.2) is 6.10 Å². The predicted octanol–water partition coefficient (Wildman–Crippen LogP) is 4.04. The van der Waals surface area contributed by atoms with Crippen molar-refractivity contribution < 1.29 is 19.1 Å². The summed E-state index contributed by atoms with van der Waals surface area (Å²) in [6.45, 7) is 9.40. The van der Waals surface area contributed by atoms with Gasteiger partial charge in [0.2, 0.25) is 0 Å². The Morgan fingerprint density at radius 2 is 1.63 bits per heavy atom. The Balaban J connectivity index is 1.99. The van der Waals surface area contributed by atoms with Crippen LogP contribution in [0, 0.1) is 27.7 Å². The van der Waals surface area contributed by atoms with Crippen LogP contribution in [0.15, 0.2) is 30.3 Å². The van der Waals surface area contributed by atoms with Gasteiger partial charge in [0.25, 0.3) is 5.91 Å². The lowest BCUT2D eigenvalue weighted by atomic mass is 10.0. The van der Waals surface area contributed by atoms with Crippen molar-refractivity contribution in [2.45, 2.75) is 47.1 Å². The summed E-state index contributed by atoms with van der Waals surface area (Å²) in [7, 11) is 1.59. The van der Waals surface area contributed by atoms with E-state index in [-0.39, 0.29) is 12.3 Å². The highest BCUT2D eigenvalue weighted by molar-refractivity contribution is 5.96. The zero-order valence-electron chi connectivity index (χ0n) is 16.8. The number of rotatable bonds is 6. The van der Waals surface area contributed by atoms with Crippen LogP contribution < -0.4 is 10.1 Å². The number of benzene rings is 2. The van der Waals surface area contributed by atoms with Gasteiger partial charge in [-0.15, -0.1) is 0 Å². The Morgan fingerprint density at radius 3 is 2.22 bits per heavy atom. The molecule has 0 aromatic heterocycles. The summed E-state index contributed by atoms with van der Waals surface area (Å²) in [6, 6.07) is 9.55. The standard InChI is InChI=1S/C22H27NO4/c1-13-9-15(3)21(16(4)10-13)23-22(25)17(5)27-20(24)12-18-8-7-14(2)19(11-18)26-6/h7-11,17H,12H2,1-6H3,(H,23,25). The SMILES string of the molecule is COc1cc(CC(=O)OC(C)C(=O)Nc2c(C)cc(C)cc2C)ccc1C. The molecular formula is C22H27NO4. The topological polar surface area (TPSA) is 64.6 Å². The van der Waals surface area contributed by atoms with Gasteiger partial charge in [0.05, 0.1) is 13.5 Å². The minimum atomic E-state index is -0.884. The Morgan fingerprint density at radius 1 is 1.00 bits per heavy atom. The van der Waals surface area contributed by atoms with E-state index in [4.69, 9.17) is 9.47 Å². The van der Waals surface area contributed by atoms with Crippen LogP contribution in [0.3, 0.4) is 0 Å². The average molecular weight is 369 g/mol. The Labute approximate surface area is 160 Å². The van der Waals surface area contributed by atoms with Crippen LogP contribution in [-0.2, 0) is 20.7 Å². The highest BCUT2D eigenvalue weighted by atomic mass is 16.5. The second-order valence-corrected chi connectivity index (χ2v) is 6.88. The van der Waals surface area contributed by atoms with E-state index >= 15 is 0 Å². The maximum absolute atomic E-state index is 12.4. The first kappa shape index (κ1) is 20.5.